The standard InChI is InChI=1S/C16H19N7OS/c1-12(2)23-15(19-20-21-23)9-25-10-16(24)18-13-3-5-14(6-4-13)22-8-7-17-11-22/h3-8,11-12H,9-10H2,1-2H3,(H,18,24). The molecule has 0 radical (unpaired) electrons. The van der Waals surface area contributed by atoms with Crippen LogP contribution in [0.3, 0.4) is 0 Å². The van der Waals surface area contributed by atoms with E-state index in [0.29, 0.717) is 11.5 Å². The molecule has 0 fully saturated rings. The summed E-state index contributed by atoms with van der Waals surface area (Å²) in [4.78, 5) is 16.1. The highest BCUT2D eigenvalue weighted by Gasteiger charge is 2.10. The molecule has 0 bridgehead atoms. The molecule has 2 aromatic heterocycles. The van der Waals surface area contributed by atoms with Gasteiger partial charge in [0.2, 0.25) is 5.91 Å². The van der Waals surface area contributed by atoms with Crippen molar-refractivity contribution in [3.63, 3.8) is 0 Å². The second kappa shape index (κ2) is 7.93. The Labute approximate surface area is 149 Å². The molecule has 3 rings (SSSR count). The Morgan fingerprint density at radius 1 is 1.28 bits per heavy atom. The highest BCUT2D eigenvalue weighted by molar-refractivity contribution is 7.99. The fourth-order valence-corrected chi connectivity index (χ4v) is 3.00. The average molecular weight is 357 g/mol. The Hall–Kier alpha value is -2.68. The maximum Gasteiger partial charge on any atom is 0.234 e. The molecule has 0 aliphatic carbocycles. The highest BCUT2D eigenvalue weighted by Crippen LogP contribution is 2.15. The van der Waals surface area contributed by atoms with Crippen molar-refractivity contribution in [3.8, 4) is 5.69 Å². The lowest BCUT2D eigenvalue weighted by molar-refractivity contribution is -0.113. The number of benzene rings is 1. The van der Waals surface area contributed by atoms with E-state index in [-0.39, 0.29) is 11.9 Å². The summed E-state index contributed by atoms with van der Waals surface area (Å²) < 4.78 is 3.67. The molecule has 1 amide bonds. The summed E-state index contributed by atoms with van der Waals surface area (Å²) in [6, 6.07) is 7.81. The first-order valence-electron chi connectivity index (χ1n) is 7.86. The first kappa shape index (κ1) is 17.2. The van der Waals surface area contributed by atoms with Crippen LogP contribution in [0.1, 0.15) is 25.7 Å². The molecule has 0 aliphatic rings. The number of aromatic nitrogens is 6. The van der Waals surface area contributed by atoms with Crippen molar-refractivity contribution in [2.45, 2.75) is 25.6 Å². The van der Waals surface area contributed by atoms with Crippen molar-refractivity contribution in [3.05, 3.63) is 48.8 Å². The quantitative estimate of drug-likeness (QED) is 0.698. The van der Waals surface area contributed by atoms with Gasteiger partial charge in [-0.25, -0.2) is 9.67 Å². The molecule has 25 heavy (non-hydrogen) atoms. The van der Waals surface area contributed by atoms with Gasteiger partial charge in [-0.1, -0.05) is 0 Å². The third-order valence-electron chi connectivity index (χ3n) is 3.47. The number of amides is 1. The molecule has 0 spiro atoms. The fourth-order valence-electron chi connectivity index (χ4n) is 2.27. The average Bonchev–Trinajstić information content (AvgIpc) is 3.27. The summed E-state index contributed by atoms with van der Waals surface area (Å²) in [7, 11) is 0. The van der Waals surface area contributed by atoms with E-state index in [1.54, 1.807) is 17.2 Å². The lowest BCUT2D eigenvalue weighted by Gasteiger charge is -2.08. The molecule has 0 atom stereocenters. The normalized spacial score (nSPS) is 11.0. The van der Waals surface area contributed by atoms with Gasteiger partial charge in [-0.3, -0.25) is 4.79 Å². The van der Waals surface area contributed by atoms with Crippen molar-refractivity contribution in [1.82, 2.24) is 29.8 Å². The number of hydrogen-bond donors (Lipinski definition) is 1. The minimum atomic E-state index is -0.0519. The van der Waals surface area contributed by atoms with Crippen LogP contribution in [0.15, 0.2) is 43.0 Å². The fraction of sp³-hybridized carbons (Fsp3) is 0.312. The monoisotopic (exact) mass is 357 g/mol. The van der Waals surface area contributed by atoms with Gasteiger partial charge in [-0.15, -0.1) is 16.9 Å². The summed E-state index contributed by atoms with van der Waals surface area (Å²) in [5.41, 5.74) is 1.76. The Morgan fingerprint density at radius 3 is 2.76 bits per heavy atom. The summed E-state index contributed by atoms with van der Waals surface area (Å²) >= 11 is 1.48. The van der Waals surface area contributed by atoms with Gasteiger partial charge in [-0.2, -0.15) is 0 Å². The Kier molecular flexibility index (Phi) is 5.44. The van der Waals surface area contributed by atoms with Crippen molar-refractivity contribution in [1.29, 1.82) is 0 Å². The van der Waals surface area contributed by atoms with Gasteiger partial charge in [0.1, 0.15) is 0 Å². The topological polar surface area (TPSA) is 90.5 Å². The molecular formula is C16H19N7OS. The summed E-state index contributed by atoms with van der Waals surface area (Å²) in [5.74, 6) is 1.66. The van der Waals surface area contributed by atoms with E-state index in [1.807, 2.05) is 48.9 Å². The van der Waals surface area contributed by atoms with Crippen LogP contribution in [-0.2, 0) is 10.5 Å². The minimum Gasteiger partial charge on any atom is -0.325 e. The number of carbonyl (C=O) groups is 1. The molecule has 0 unspecified atom stereocenters. The second-order valence-corrected chi connectivity index (χ2v) is 6.68. The first-order valence-corrected chi connectivity index (χ1v) is 9.01. The highest BCUT2D eigenvalue weighted by atomic mass is 32.2. The first-order chi connectivity index (χ1) is 12.1. The van der Waals surface area contributed by atoms with Gasteiger partial charge in [0, 0.05) is 23.8 Å². The number of nitrogens with one attached hydrogen (secondary N) is 1. The molecule has 3 aromatic rings. The van der Waals surface area contributed by atoms with Crippen molar-refractivity contribution in [2.24, 2.45) is 0 Å². The molecule has 130 valence electrons. The van der Waals surface area contributed by atoms with Crippen LogP contribution < -0.4 is 5.32 Å². The largest absolute Gasteiger partial charge is 0.325 e. The predicted octanol–water partition coefficient (Wildman–Crippen LogP) is 2.31. The third-order valence-corrected chi connectivity index (χ3v) is 4.40. The molecule has 0 saturated heterocycles. The van der Waals surface area contributed by atoms with Crippen molar-refractivity contribution < 1.29 is 4.79 Å². The number of carbonyl (C=O) groups excluding carboxylic acids is 1. The summed E-state index contributed by atoms with van der Waals surface area (Å²) in [5, 5.41) is 14.5. The number of thioether (sulfide) groups is 1. The molecule has 0 aliphatic heterocycles. The van der Waals surface area contributed by atoms with Gasteiger partial charge < -0.3 is 9.88 Å². The van der Waals surface area contributed by atoms with Crippen molar-refractivity contribution >= 4 is 23.4 Å². The Morgan fingerprint density at radius 2 is 2.08 bits per heavy atom. The van der Waals surface area contributed by atoms with E-state index in [4.69, 9.17) is 0 Å². The van der Waals surface area contributed by atoms with Crippen LogP contribution >= 0.6 is 11.8 Å². The summed E-state index contributed by atoms with van der Waals surface area (Å²) in [6.07, 6.45) is 5.33. The van der Waals surface area contributed by atoms with Crippen molar-refractivity contribution in [2.75, 3.05) is 11.1 Å². The van der Waals surface area contributed by atoms with Crippen LogP contribution in [0, 0.1) is 0 Å². The van der Waals surface area contributed by atoms with Gasteiger partial charge in [-0.05, 0) is 48.5 Å². The minimum absolute atomic E-state index is 0.0519. The second-order valence-electron chi connectivity index (χ2n) is 5.69. The summed E-state index contributed by atoms with van der Waals surface area (Å²) in [6.45, 7) is 4.04. The maximum absolute atomic E-state index is 12.1. The number of nitrogens with zero attached hydrogens (tertiary/aromatic N) is 6. The number of imidazole rings is 1. The van der Waals surface area contributed by atoms with E-state index in [2.05, 4.69) is 25.8 Å². The predicted molar refractivity (Wildman–Crippen MR) is 96.6 cm³/mol. The van der Waals surface area contributed by atoms with Crippen LogP contribution in [0.5, 0.6) is 0 Å². The number of rotatable bonds is 7. The lowest BCUT2D eigenvalue weighted by atomic mass is 10.3. The van der Waals surface area contributed by atoms with Gasteiger partial charge in [0.15, 0.2) is 5.82 Å². The van der Waals surface area contributed by atoms with Gasteiger partial charge in [0.05, 0.1) is 23.9 Å². The molecule has 1 N–H and O–H groups in total. The molecule has 1 aromatic carbocycles. The maximum atomic E-state index is 12.1. The molecule has 0 saturated carbocycles. The molecule has 8 nitrogen and oxygen atoms in total. The van der Waals surface area contributed by atoms with Crippen LogP contribution in [-0.4, -0.2) is 41.4 Å². The molecule has 2 heterocycles. The van der Waals surface area contributed by atoms with Crippen LogP contribution in [0.25, 0.3) is 5.69 Å². The zero-order chi connectivity index (χ0) is 17.6. The van der Waals surface area contributed by atoms with Crippen LogP contribution in [0.2, 0.25) is 0 Å². The molecule has 9 heteroatoms. The lowest BCUT2D eigenvalue weighted by Crippen LogP contribution is -2.15. The van der Waals surface area contributed by atoms with E-state index < -0.39 is 0 Å². The Balaban J connectivity index is 1.48. The number of tetrazole rings is 1. The smallest absolute Gasteiger partial charge is 0.234 e. The third kappa shape index (κ3) is 4.44. The SMILES string of the molecule is CC(C)n1nnnc1CSCC(=O)Nc1ccc(-n2ccnc2)cc1. The Bertz CT molecular complexity index is 811. The van der Waals surface area contributed by atoms with Crippen LogP contribution in [0.4, 0.5) is 5.69 Å². The number of hydrogen-bond acceptors (Lipinski definition) is 6. The van der Waals surface area contributed by atoms with Gasteiger partial charge in [0.25, 0.3) is 0 Å². The van der Waals surface area contributed by atoms with E-state index in [1.165, 1.54) is 11.8 Å². The molecular weight excluding hydrogens is 338 g/mol. The van der Waals surface area contributed by atoms with Gasteiger partial charge >= 0.3 is 0 Å². The number of anilines is 1. The zero-order valence-electron chi connectivity index (χ0n) is 14.0. The zero-order valence-corrected chi connectivity index (χ0v) is 14.8. The van der Waals surface area contributed by atoms with E-state index in [0.717, 1.165) is 17.2 Å². The van der Waals surface area contributed by atoms with E-state index >= 15 is 0 Å². The van der Waals surface area contributed by atoms with E-state index in [9.17, 15) is 4.79 Å².